The summed E-state index contributed by atoms with van der Waals surface area (Å²) in [5, 5.41) is 0. The Morgan fingerprint density at radius 3 is 2.21 bits per heavy atom. The summed E-state index contributed by atoms with van der Waals surface area (Å²) >= 11 is 0. The molecule has 1 N–H and O–H groups in total. The number of benzene rings is 2. The Kier molecular flexibility index (Phi) is 3.41. The summed E-state index contributed by atoms with van der Waals surface area (Å²) in [4.78, 5) is 7.84. The van der Waals surface area contributed by atoms with Crippen molar-refractivity contribution in [2.45, 2.75) is 12.8 Å². The van der Waals surface area contributed by atoms with Gasteiger partial charge < -0.3 is 4.98 Å². The van der Waals surface area contributed by atoms with Crippen molar-refractivity contribution in [3.8, 4) is 11.3 Å². The molecular weight excluding hydrogens is 232 g/mol. The lowest BCUT2D eigenvalue weighted by molar-refractivity contribution is 0.885. The third-order valence-corrected chi connectivity index (χ3v) is 3.21. The number of nitrogens with one attached hydrogen (secondary N) is 1. The fourth-order valence-electron chi connectivity index (χ4n) is 2.16. The van der Waals surface area contributed by atoms with Crippen LogP contribution >= 0.6 is 0 Å². The lowest BCUT2D eigenvalue weighted by atomic mass is 10.1. The topological polar surface area (TPSA) is 28.7 Å². The van der Waals surface area contributed by atoms with Crippen molar-refractivity contribution in [3.05, 3.63) is 78.2 Å². The molecule has 2 nitrogen and oxygen atoms in total. The molecule has 3 aromatic rings. The smallest absolute Gasteiger partial charge is 0.106 e. The van der Waals surface area contributed by atoms with Gasteiger partial charge >= 0.3 is 0 Å². The number of hydrogen-bond donors (Lipinski definition) is 1. The highest BCUT2D eigenvalue weighted by Gasteiger charge is 2.03. The normalized spacial score (nSPS) is 10.5. The van der Waals surface area contributed by atoms with E-state index in [1.807, 2.05) is 30.5 Å². The van der Waals surface area contributed by atoms with Crippen LogP contribution in [0, 0.1) is 0 Å². The van der Waals surface area contributed by atoms with E-state index in [2.05, 4.69) is 46.4 Å². The SMILES string of the molecule is c1ccc(CCc2ncc(-c3ccccc3)[nH]2)cc1. The Morgan fingerprint density at radius 1 is 0.789 bits per heavy atom. The van der Waals surface area contributed by atoms with Gasteiger partial charge in [-0.05, 0) is 17.5 Å². The minimum atomic E-state index is 0.941. The first kappa shape index (κ1) is 11.7. The molecule has 0 amide bonds. The van der Waals surface area contributed by atoms with Crippen LogP contribution in [0.1, 0.15) is 11.4 Å². The predicted octanol–water partition coefficient (Wildman–Crippen LogP) is 3.86. The van der Waals surface area contributed by atoms with E-state index in [0.29, 0.717) is 0 Å². The molecule has 19 heavy (non-hydrogen) atoms. The number of aromatic amines is 1. The van der Waals surface area contributed by atoms with Gasteiger partial charge in [0.25, 0.3) is 0 Å². The molecule has 0 radical (unpaired) electrons. The van der Waals surface area contributed by atoms with Gasteiger partial charge in [-0.3, -0.25) is 0 Å². The second-order valence-corrected chi connectivity index (χ2v) is 4.60. The molecule has 0 saturated carbocycles. The van der Waals surface area contributed by atoms with E-state index in [4.69, 9.17) is 0 Å². The van der Waals surface area contributed by atoms with Gasteiger partial charge in [0.1, 0.15) is 5.82 Å². The van der Waals surface area contributed by atoms with Gasteiger partial charge in [-0.1, -0.05) is 60.7 Å². The lowest BCUT2D eigenvalue weighted by Gasteiger charge is -1.99. The van der Waals surface area contributed by atoms with Crippen molar-refractivity contribution < 1.29 is 0 Å². The number of aromatic nitrogens is 2. The number of nitrogens with zero attached hydrogens (tertiary/aromatic N) is 1. The third-order valence-electron chi connectivity index (χ3n) is 3.21. The summed E-state index contributed by atoms with van der Waals surface area (Å²) in [6.07, 6.45) is 3.87. The van der Waals surface area contributed by atoms with Crippen molar-refractivity contribution in [2.24, 2.45) is 0 Å². The maximum atomic E-state index is 4.45. The summed E-state index contributed by atoms with van der Waals surface area (Å²) in [7, 11) is 0. The van der Waals surface area contributed by atoms with E-state index in [1.54, 1.807) is 0 Å². The highest BCUT2D eigenvalue weighted by molar-refractivity contribution is 5.57. The minimum absolute atomic E-state index is 0.941. The van der Waals surface area contributed by atoms with Crippen LogP contribution in [-0.4, -0.2) is 9.97 Å². The van der Waals surface area contributed by atoms with E-state index in [9.17, 15) is 0 Å². The van der Waals surface area contributed by atoms with Gasteiger partial charge in [0, 0.05) is 6.42 Å². The molecule has 0 unspecified atom stereocenters. The fraction of sp³-hybridized carbons (Fsp3) is 0.118. The summed E-state index contributed by atoms with van der Waals surface area (Å²) in [6, 6.07) is 20.8. The molecule has 94 valence electrons. The number of imidazole rings is 1. The zero-order valence-corrected chi connectivity index (χ0v) is 10.7. The quantitative estimate of drug-likeness (QED) is 0.746. The van der Waals surface area contributed by atoms with Gasteiger partial charge in [0.15, 0.2) is 0 Å². The average Bonchev–Trinajstić information content (AvgIpc) is 2.96. The predicted molar refractivity (Wildman–Crippen MR) is 77.9 cm³/mol. The van der Waals surface area contributed by atoms with E-state index in [0.717, 1.165) is 24.4 Å². The Balaban J connectivity index is 1.69. The van der Waals surface area contributed by atoms with Crippen molar-refractivity contribution >= 4 is 0 Å². The Labute approximate surface area is 113 Å². The van der Waals surface area contributed by atoms with Crippen LogP contribution in [0.25, 0.3) is 11.3 Å². The molecule has 2 heteroatoms. The van der Waals surface area contributed by atoms with Crippen LogP contribution in [0.4, 0.5) is 0 Å². The molecule has 0 aliphatic rings. The van der Waals surface area contributed by atoms with Crippen molar-refractivity contribution in [1.29, 1.82) is 0 Å². The van der Waals surface area contributed by atoms with E-state index in [1.165, 1.54) is 11.1 Å². The lowest BCUT2D eigenvalue weighted by Crippen LogP contribution is -1.93. The standard InChI is InChI=1S/C17H16N2/c1-3-7-14(8-4-1)11-12-17-18-13-16(19-17)15-9-5-2-6-10-15/h1-10,13H,11-12H2,(H,18,19). The molecule has 0 bridgehead atoms. The second-order valence-electron chi connectivity index (χ2n) is 4.60. The molecule has 0 fully saturated rings. The van der Waals surface area contributed by atoms with Gasteiger partial charge in [-0.2, -0.15) is 0 Å². The highest BCUT2D eigenvalue weighted by Crippen LogP contribution is 2.16. The molecule has 0 spiro atoms. The second kappa shape index (κ2) is 5.53. The van der Waals surface area contributed by atoms with Crippen LogP contribution in [-0.2, 0) is 12.8 Å². The minimum Gasteiger partial charge on any atom is -0.342 e. The molecule has 0 atom stereocenters. The van der Waals surface area contributed by atoms with Crippen LogP contribution in [0.5, 0.6) is 0 Å². The Morgan fingerprint density at radius 2 is 1.47 bits per heavy atom. The van der Waals surface area contributed by atoms with E-state index < -0.39 is 0 Å². The fourth-order valence-corrected chi connectivity index (χ4v) is 2.16. The summed E-state index contributed by atoms with van der Waals surface area (Å²) < 4.78 is 0. The number of H-pyrrole nitrogens is 1. The van der Waals surface area contributed by atoms with Crippen molar-refractivity contribution in [1.82, 2.24) is 9.97 Å². The number of aryl methyl sites for hydroxylation is 2. The summed E-state index contributed by atoms with van der Waals surface area (Å²) in [6.45, 7) is 0. The summed E-state index contributed by atoms with van der Waals surface area (Å²) in [5.74, 6) is 1.04. The molecular formula is C17H16N2. The molecule has 2 aromatic carbocycles. The van der Waals surface area contributed by atoms with Crippen molar-refractivity contribution in [2.75, 3.05) is 0 Å². The van der Waals surface area contributed by atoms with Crippen LogP contribution < -0.4 is 0 Å². The summed E-state index contributed by atoms with van der Waals surface area (Å²) in [5.41, 5.74) is 3.62. The molecule has 1 heterocycles. The monoisotopic (exact) mass is 248 g/mol. The Hall–Kier alpha value is -2.35. The van der Waals surface area contributed by atoms with Crippen LogP contribution in [0.3, 0.4) is 0 Å². The highest BCUT2D eigenvalue weighted by atomic mass is 14.9. The zero-order valence-electron chi connectivity index (χ0n) is 10.7. The van der Waals surface area contributed by atoms with Gasteiger partial charge in [-0.25, -0.2) is 4.98 Å². The zero-order chi connectivity index (χ0) is 12.9. The molecule has 0 saturated heterocycles. The van der Waals surface area contributed by atoms with Crippen LogP contribution in [0.2, 0.25) is 0 Å². The van der Waals surface area contributed by atoms with Crippen LogP contribution in [0.15, 0.2) is 66.9 Å². The van der Waals surface area contributed by atoms with Crippen molar-refractivity contribution in [3.63, 3.8) is 0 Å². The number of hydrogen-bond acceptors (Lipinski definition) is 1. The Bertz CT molecular complexity index is 627. The molecule has 0 aliphatic carbocycles. The molecule has 1 aromatic heterocycles. The first-order valence-electron chi connectivity index (χ1n) is 6.55. The van der Waals surface area contributed by atoms with E-state index in [-0.39, 0.29) is 0 Å². The largest absolute Gasteiger partial charge is 0.342 e. The number of rotatable bonds is 4. The molecule has 3 rings (SSSR count). The average molecular weight is 248 g/mol. The maximum Gasteiger partial charge on any atom is 0.106 e. The van der Waals surface area contributed by atoms with E-state index >= 15 is 0 Å². The van der Waals surface area contributed by atoms with Gasteiger partial charge in [-0.15, -0.1) is 0 Å². The first-order chi connectivity index (χ1) is 9.42. The van der Waals surface area contributed by atoms with Gasteiger partial charge in [0.05, 0.1) is 11.9 Å². The van der Waals surface area contributed by atoms with Gasteiger partial charge in [0.2, 0.25) is 0 Å². The first-order valence-corrected chi connectivity index (χ1v) is 6.55. The maximum absolute atomic E-state index is 4.45. The molecule has 0 aliphatic heterocycles. The third kappa shape index (κ3) is 2.91.